The van der Waals surface area contributed by atoms with E-state index in [-0.39, 0.29) is 0 Å². The molecule has 0 amide bonds. The molecule has 21 heavy (non-hydrogen) atoms. The molecule has 108 valence electrons. The Kier molecular flexibility index (Phi) is 4.66. The zero-order valence-electron chi connectivity index (χ0n) is 12.1. The molecule has 0 N–H and O–H groups in total. The summed E-state index contributed by atoms with van der Waals surface area (Å²) in [5.74, 6) is -0.413. The lowest BCUT2D eigenvalue weighted by molar-refractivity contribution is 0.0525. The van der Waals surface area contributed by atoms with Crippen LogP contribution >= 0.6 is 0 Å². The first-order valence-corrected chi connectivity index (χ1v) is 6.68. The fraction of sp³-hybridized carbons (Fsp3) is 0.188. The molecule has 5 heteroatoms. The minimum atomic E-state index is -0.413. The van der Waals surface area contributed by atoms with Gasteiger partial charge in [0, 0.05) is 12.3 Å². The molecular weight excluding hydrogens is 266 g/mol. The molecule has 2 aromatic heterocycles. The average molecular weight is 283 g/mol. The number of esters is 1. The van der Waals surface area contributed by atoms with Crippen molar-refractivity contribution >= 4 is 17.2 Å². The lowest BCUT2D eigenvalue weighted by Crippen LogP contribution is -2.11. The van der Waals surface area contributed by atoms with E-state index in [4.69, 9.17) is 4.74 Å². The van der Waals surface area contributed by atoms with Crippen LogP contribution in [-0.4, -0.2) is 27.2 Å². The molecule has 2 heterocycles. The minimum Gasteiger partial charge on any atom is -0.462 e. The first-order valence-electron chi connectivity index (χ1n) is 6.68. The van der Waals surface area contributed by atoms with Crippen molar-refractivity contribution in [3.8, 4) is 0 Å². The van der Waals surface area contributed by atoms with E-state index in [0.717, 1.165) is 5.57 Å². The van der Waals surface area contributed by atoms with Crippen LogP contribution < -0.4 is 0 Å². The van der Waals surface area contributed by atoms with Gasteiger partial charge in [-0.15, -0.1) is 0 Å². The van der Waals surface area contributed by atoms with Crippen molar-refractivity contribution in [2.45, 2.75) is 13.8 Å². The Morgan fingerprint density at radius 1 is 1.52 bits per heavy atom. The maximum absolute atomic E-state index is 12.2. The Bertz CT molecular complexity index is 726. The summed E-state index contributed by atoms with van der Waals surface area (Å²) in [6.07, 6.45) is 10.5. The summed E-state index contributed by atoms with van der Waals surface area (Å²) in [6, 6.07) is 1.78. The van der Waals surface area contributed by atoms with E-state index in [0.29, 0.717) is 23.5 Å². The van der Waals surface area contributed by atoms with E-state index in [1.807, 2.05) is 19.1 Å². The van der Waals surface area contributed by atoms with Crippen molar-refractivity contribution in [2.75, 3.05) is 6.61 Å². The number of allylic oxidation sites excluding steroid dienone is 5. The number of nitrogens with zero attached hydrogens (tertiary/aromatic N) is 3. The van der Waals surface area contributed by atoms with E-state index in [9.17, 15) is 4.79 Å². The summed E-state index contributed by atoms with van der Waals surface area (Å²) in [5.41, 5.74) is 2.45. The largest absolute Gasteiger partial charge is 0.462 e. The SMILES string of the molecule is C=C/C=C\C(=C/C)c1nc2ccnn2cc1C(=O)OCC. The number of ether oxygens (including phenoxy) is 1. The van der Waals surface area contributed by atoms with Gasteiger partial charge >= 0.3 is 5.97 Å². The molecule has 0 fully saturated rings. The molecule has 0 atom stereocenters. The third kappa shape index (κ3) is 3.08. The molecule has 0 unspecified atom stereocenters. The van der Waals surface area contributed by atoms with Gasteiger partial charge in [-0.3, -0.25) is 0 Å². The molecule has 0 aromatic carbocycles. The summed E-state index contributed by atoms with van der Waals surface area (Å²) in [7, 11) is 0. The fourth-order valence-corrected chi connectivity index (χ4v) is 1.92. The molecule has 2 rings (SSSR count). The van der Waals surface area contributed by atoms with Gasteiger partial charge in [-0.2, -0.15) is 5.10 Å². The van der Waals surface area contributed by atoms with Crippen molar-refractivity contribution in [3.63, 3.8) is 0 Å². The summed E-state index contributed by atoms with van der Waals surface area (Å²) in [5, 5.41) is 4.10. The van der Waals surface area contributed by atoms with Gasteiger partial charge in [-0.05, 0) is 19.4 Å². The minimum absolute atomic E-state index is 0.309. The predicted octanol–water partition coefficient (Wildman–Crippen LogP) is 3.05. The Balaban J connectivity index is 2.62. The lowest BCUT2D eigenvalue weighted by atomic mass is 10.1. The number of fused-ring (bicyclic) bond motifs is 1. The highest BCUT2D eigenvalue weighted by Gasteiger charge is 2.17. The topological polar surface area (TPSA) is 56.5 Å². The zero-order valence-corrected chi connectivity index (χ0v) is 12.1. The van der Waals surface area contributed by atoms with Crippen molar-refractivity contribution in [1.29, 1.82) is 0 Å². The van der Waals surface area contributed by atoms with Gasteiger partial charge in [0.05, 0.1) is 18.5 Å². The maximum atomic E-state index is 12.2. The van der Waals surface area contributed by atoms with Crippen molar-refractivity contribution < 1.29 is 9.53 Å². The Morgan fingerprint density at radius 3 is 3.00 bits per heavy atom. The second kappa shape index (κ2) is 6.65. The van der Waals surface area contributed by atoms with Gasteiger partial charge in [-0.1, -0.05) is 30.9 Å². The summed E-state index contributed by atoms with van der Waals surface area (Å²) in [6.45, 7) is 7.62. The van der Waals surface area contributed by atoms with Gasteiger partial charge in [0.25, 0.3) is 0 Å². The lowest BCUT2D eigenvalue weighted by Gasteiger charge is -2.09. The second-order valence-corrected chi connectivity index (χ2v) is 4.20. The van der Waals surface area contributed by atoms with Crippen molar-refractivity contribution in [3.05, 3.63) is 60.6 Å². The van der Waals surface area contributed by atoms with Crippen LogP contribution in [0.1, 0.15) is 29.9 Å². The maximum Gasteiger partial charge on any atom is 0.341 e. The van der Waals surface area contributed by atoms with Crippen LogP contribution in [0.5, 0.6) is 0 Å². The van der Waals surface area contributed by atoms with Gasteiger partial charge in [0.15, 0.2) is 5.65 Å². The molecule has 2 aromatic rings. The van der Waals surface area contributed by atoms with Gasteiger partial charge < -0.3 is 4.74 Å². The number of hydrogen-bond donors (Lipinski definition) is 0. The molecule has 0 aliphatic rings. The zero-order chi connectivity index (χ0) is 15.2. The molecular formula is C16H17N3O2. The monoisotopic (exact) mass is 283 g/mol. The molecule has 0 radical (unpaired) electrons. The van der Waals surface area contributed by atoms with Crippen LogP contribution in [0.4, 0.5) is 0 Å². The second-order valence-electron chi connectivity index (χ2n) is 4.20. The number of carbonyl (C=O) groups excluding carboxylic acids is 1. The summed E-state index contributed by atoms with van der Waals surface area (Å²) >= 11 is 0. The molecule has 0 spiro atoms. The van der Waals surface area contributed by atoms with E-state index < -0.39 is 5.97 Å². The Hall–Kier alpha value is -2.69. The quantitative estimate of drug-likeness (QED) is 0.625. The number of aromatic nitrogens is 3. The van der Waals surface area contributed by atoms with Crippen LogP contribution in [0.2, 0.25) is 0 Å². The van der Waals surface area contributed by atoms with Gasteiger partial charge in [0.1, 0.15) is 5.56 Å². The number of carbonyl (C=O) groups is 1. The molecule has 5 nitrogen and oxygen atoms in total. The van der Waals surface area contributed by atoms with Gasteiger partial charge in [0.2, 0.25) is 0 Å². The smallest absolute Gasteiger partial charge is 0.341 e. The van der Waals surface area contributed by atoms with Gasteiger partial charge in [-0.25, -0.2) is 14.3 Å². The first kappa shape index (κ1) is 14.7. The van der Waals surface area contributed by atoms with Crippen LogP contribution in [0.15, 0.2) is 49.3 Å². The molecule has 0 aliphatic carbocycles. The standard InChI is InChI=1S/C16H17N3O2/c1-4-7-8-12(5-2)15-13(16(20)21-6-3)11-19-14(18-15)9-10-17-19/h4-5,7-11H,1,6H2,2-3H3/b8-7-,12-5+. The molecule has 0 saturated heterocycles. The van der Waals surface area contributed by atoms with E-state index in [1.165, 1.54) is 0 Å². The van der Waals surface area contributed by atoms with E-state index in [1.54, 1.807) is 42.1 Å². The first-order chi connectivity index (χ1) is 10.2. The van der Waals surface area contributed by atoms with Crippen LogP contribution in [0, 0.1) is 0 Å². The molecule has 0 bridgehead atoms. The van der Waals surface area contributed by atoms with Crippen molar-refractivity contribution in [2.24, 2.45) is 0 Å². The average Bonchev–Trinajstić information content (AvgIpc) is 2.94. The predicted molar refractivity (Wildman–Crippen MR) is 81.9 cm³/mol. The highest BCUT2D eigenvalue weighted by Crippen LogP contribution is 2.20. The van der Waals surface area contributed by atoms with Crippen LogP contribution in [0.3, 0.4) is 0 Å². The van der Waals surface area contributed by atoms with E-state index in [2.05, 4.69) is 16.7 Å². The van der Waals surface area contributed by atoms with Crippen LogP contribution in [0.25, 0.3) is 11.2 Å². The van der Waals surface area contributed by atoms with E-state index >= 15 is 0 Å². The summed E-state index contributed by atoms with van der Waals surface area (Å²) < 4.78 is 6.66. The third-order valence-corrected chi connectivity index (χ3v) is 2.87. The number of rotatable bonds is 5. The molecule has 0 saturated carbocycles. The number of hydrogen-bond acceptors (Lipinski definition) is 4. The highest BCUT2D eigenvalue weighted by molar-refractivity contribution is 5.96. The fourth-order valence-electron chi connectivity index (χ4n) is 1.92. The highest BCUT2D eigenvalue weighted by atomic mass is 16.5. The Morgan fingerprint density at radius 2 is 2.33 bits per heavy atom. The Labute approximate surface area is 123 Å². The van der Waals surface area contributed by atoms with Crippen molar-refractivity contribution in [1.82, 2.24) is 14.6 Å². The van der Waals surface area contributed by atoms with Crippen LogP contribution in [-0.2, 0) is 4.74 Å². The summed E-state index contributed by atoms with van der Waals surface area (Å²) in [4.78, 5) is 16.7. The normalized spacial score (nSPS) is 12.0. The molecule has 0 aliphatic heterocycles. The third-order valence-electron chi connectivity index (χ3n) is 2.87.